The summed E-state index contributed by atoms with van der Waals surface area (Å²) >= 11 is 0. The molecule has 1 amide bonds. The highest BCUT2D eigenvalue weighted by Gasteiger charge is 2.14. The summed E-state index contributed by atoms with van der Waals surface area (Å²) < 4.78 is 26.3. The van der Waals surface area contributed by atoms with Crippen molar-refractivity contribution in [3.63, 3.8) is 0 Å². The van der Waals surface area contributed by atoms with Crippen LogP contribution in [0.4, 0.5) is 4.39 Å². The Bertz CT molecular complexity index is 1410. The van der Waals surface area contributed by atoms with Crippen LogP contribution in [0.5, 0.6) is 11.7 Å². The standard InChI is InChI=1S/C21H20FN5O5/c1-26-18-17(20(29)27(2)21(26)30)24-15(25-18)7-4-10-23-19(28)14-8-9-16(32-14)31-13-6-3-5-12(22)11-13/h3,5-6,8-9,11H,4,7,10H2,1-2H3,(H,23,28)(H,24,25). The first-order valence-electron chi connectivity index (χ1n) is 9.79. The van der Waals surface area contributed by atoms with Crippen molar-refractivity contribution in [3.8, 4) is 11.7 Å². The van der Waals surface area contributed by atoms with Gasteiger partial charge in [-0.05, 0) is 24.6 Å². The topological polar surface area (TPSA) is 124 Å². The smallest absolute Gasteiger partial charge is 0.332 e. The molecule has 2 N–H and O–H groups in total. The summed E-state index contributed by atoms with van der Waals surface area (Å²) in [7, 11) is 2.95. The fourth-order valence-electron chi connectivity index (χ4n) is 3.18. The van der Waals surface area contributed by atoms with Crippen LogP contribution in [0.1, 0.15) is 22.8 Å². The van der Waals surface area contributed by atoms with Gasteiger partial charge in [0.1, 0.15) is 22.9 Å². The molecule has 11 heteroatoms. The number of nitrogens with zero attached hydrogens (tertiary/aromatic N) is 3. The van der Waals surface area contributed by atoms with E-state index in [2.05, 4.69) is 15.3 Å². The number of carbonyl (C=O) groups excluding carboxylic acids is 1. The minimum atomic E-state index is -0.452. The number of amides is 1. The van der Waals surface area contributed by atoms with Crippen LogP contribution in [-0.2, 0) is 20.5 Å². The molecule has 0 spiro atoms. The van der Waals surface area contributed by atoms with Gasteiger partial charge in [0.2, 0.25) is 0 Å². The maximum atomic E-state index is 13.2. The van der Waals surface area contributed by atoms with Gasteiger partial charge in [-0.2, -0.15) is 0 Å². The summed E-state index contributed by atoms with van der Waals surface area (Å²) in [6, 6.07) is 8.49. The fraction of sp³-hybridized carbons (Fsp3) is 0.238. The Labute approximate surface area is 180 Å². The van der Waals surface area contributed by atoms with Crippen LogP contribution in [0.25, 0.3) is 11.2 Å². The number of halogens is 1. The first kappa shape index (κ1) is 21.1. The second-order valence-electron chi connectivity index (χ2n) is 7.13. The Balaban J connectivity index is 1.32. The zero-order valence-electron chi connectivity index (χ0n) is 17.3. The maximum Gasteiger partial charge on any atom is 0.332 e. The first-order valence-corrected chi connectivity index (χ1v) is 9.79. The molecule has 0 radical (unpaired) electrons. The normalized spacial score (nSPS) is 11.1. The highest BCUT2D eigenvalue weighted by molar-refractivity contribution is 5.91. The minimum Gasteiger partial charge on any atom is -0.426 e. The average Bonchev–Trinajstić information content (AvgIpc) is 3.41. The number of H-pyrrole nitrogens is 1. The van der Waals surface area contributed by atoms with E-state index in [1.165, 1.54) is 41.9 Å². The van der Waals surface area contributed by atoms with Crippen LogP contribution in [-0.4, -0.2) is 31.6 Å². The van der Waals surface area contributed by atoms with Gasteiger partial charge in [0.25, 0.3) is 17.4 Å². The van der Waals surface area contributed by atoms with Gasteiger partial charge in [0.05, 0.1) is 0 Å². The van der Waals surface area contributed by atoms with Crippen molar-refractivity contribution in [2.24, 2.45) is 14.1 Å². The fourth-order valence-corrected chi connectivity index (χ4v) is 3.18. The van der Waals surface area contributed by atoms with Gasteiger partial charge in [-0.3, -0.25) is 18.7 Å². The number of hydrogen-bond acceptors (Lipinski definition) is 6. The number of aromatic amines is 1. The van der Waals surface area contributed by atoms with Gasteiger partial charge in [-0.15, -0.1) is 0 Å². The molecule has 3 heterocycles. The third-order valence-electron chi connectivity index (χ3n) is 4.84. The molecule has 32 heavy (non-hydrogen) atoms. The summed E-state index contributed by atoms with van der Waals surface area (Å²) in [5.41, 5.74) is -0.343. The van der Waals surface area contributed by atoms with Crippen molar-refractivity contribution in [2.45, 2.75) is 12.8 Å². The van der Waals surface area contributed by atoms with Crippen molar-refractivity contribution in [2.75, 3.05) is 6.54 Å². The molecule has 1 aromatic carbocycles. The van der Waals surface area contributed by atoms with E-state index in [1.807, 2.05) is 0 Å². The van der Waals surface area contributed by atoms with Gasteiger partial charge in [-0.1, -0.05) is 6.07 Å². The Morgan fingerprint density at radius 3 is 2.81 bits per heavy atom. The lowest BCUT2D eigenvalue weighted by molar-refractivity contribution is 0.0920. The van der Waals surface area contributed by atoms with E-state index >= 15 is 0 Å². The van der Waals surface area contributed by atoms with E-state index in [0.717, 1.165) is 4.57 Å². The minimum absolute atomic E-state index is 0.0543. The van der Waals surface area contributed by atoms with Crippen LogP contribution in [0.3, 0.4) is 0 Å². The molecule has 0 unspecified atom stereocenters. The molecule has 0 aliphatic carbocycles. The highest BCUT2D eigenvalue weighted by atomic mass is 19.1. The van der Waals surface area contributed by atoms with Crippen molar-refractivity contribution >= 4 is 17.1 Å². The van der Waals surface area contributed by atoms with Crippen LogP contribution >= 0.6 is 0 Å². The Morgan fingerprint density at radius 1 is 1.22 bits per heavy atom. The van der Waals surface area contributed by atoms with Gasteiger partial charge < -0.3 is 19.5 Å². The zero-order chi connectivity index (χ0) is 22.8. The third-order valence-corrected chi connectivity index (χ3v) is 4.84. The van der Waals surface area contributed by atoms with Crippen molar-refractivity contribution in [3.05, 3.63) is 74.6 Å². The molecule has 0 aliphatic rings. The van der Waals surface area contributed by atoms with Gasteiger partial charge in [-0.25, -0.2) is 14.2 Å². The predicted octanol–water partition coefficient (Wildman–Crippen LogP) is 1.85. The van der Waals surface area contributed by atoms with Crippen LogP contribution in [0.15, 0.2) is 50.4 Å². The largest absolute Gasteiger partial charge is 0.426 e. The van der Waals surface area contributed by atoms with Gasteiger partial charge in [0, 0.05) is 39.2 Å². The highest BCUT2D eigenvalue weighted by Crippen LogP contribution is 2.24. The molecule has 4 rings (SSSR count). The molecule has 3 aromatic heterocycles. The Kier molecular flexibility index (Phi) is 5.63. The summed E-state index contributed by atoms with van der Waals surface area (Å²) in [5.74, 6) is 0.0358. The number of benzene rings is 1. The quantitative estimate of drug-likeness (QED) is 0.422. The summed E-state index contributed by atoms with van der Waals surface area (Å²) in [6.07, 6.45) is 0.992. The number of fused-ring (bicyclic) bond motifs is 1. The zero-order valence-corrected chi connectivity index (χ0v) is 17.3. The average molecular weight is 441 g/mol. The van der Waals surface area contributed by atoms with E-state index in [4.69, 9.17) is 9.15 Å². The second kappa shape index (κ2) is 8.53. The van der Waals surface area contributed by atoms with E-state index in [-0.39, 0.29) is 23.0 Å². The van der Waals surface area contributed by atoms with Crippen molar-refractivity contribution < 1.29 is 18.3 Å². The van der Waals surface area contributed by atoms with Crippen LogP contribution in [0, 0.1) is 5.82 Å². The monoisotopic (exact) mass is 441 g/mol. The van der Waals surface area contributed by atoms with Crippen LogP contribution < -0.4 is 21.3 Å². The third kappa shape index (κ3) is 4.17. The summed E-state index contributed by atoms with van der Waals surface area (Å²) in [5, 5.41) is 2.72. The molecule has 4 aromatic rings. The molecule has 166 valence electrons. The molecular formula is C21H20FN5O5. The van der Waals surface area contributed by atoms with E-state index < -0.39 is 23.0 Å². The summed E-state index contributed by atoms with van der Waals surface area (Å²) in [6.45, 7) is 0.327. The lowest BCUT2D eigenvalue weighted by atomic mass is 10.3. The number of hydrogen-bond donors (Lipinski definition) is 2. The molecule has 0 bridgehead atoms. The number of aryl methyl sites for hydroxylation is 2. The number of carbonyl (C=O) groups is 1. The van der Waals surface area contributed by atoms with Gasteiger partial charge >= 0.3 is 5.69 Å². The maximum absolute atomic E-state index is 13.2. The van der Waals surface area contributed by atoms with Crippen LogP contribution in [0.2, 0.25) is 0 Å². The molecule has 0 atom stereocenters. The van der Waals surface area contributed by atoms with E-state index in [9.17, 15) is 18.8 Å². The summed E-state index contributed by atoms with van der Waals surface area (Å²) in [4.78, 5) is 43.7. The van der Waals surface area contributed by atoms with Gasteiger partial charge in [0.15, 0.2) is 11.4 Å². The lowest BCUT2D eigenvalue weighted by Crippen LogP contribution is -2.36. The van der Waals surface area contributed by atoms with E-state index in [0.29, 0.717) is 30.9 Å². The molecule has 0 saturated carbocycles. The number of rotatable bonds is 7. The van der Waals surface area contributed by atoms with E-state index in [1.54, 1.807) is 13.1 Å². The van der Waals surface area contributed by atoms with Crippen molar-refractivity contribution in [1.29, 1.82) is 0 Å². The Hall–Kier alpha value is -4.15. The molecule has 0 fully saturated rings. The number of nitrogens with one attached hydrogen (secondary N) is 2. The lowest BCUT2D eigenvalue weighted by Gasteiger charge is -2.03. The Morgan fingerprint density at radius 2 is 2.03 bits per heavy atom. The number of furan rings is 1. The second-order valence-corrected chi connectivity index (χ2v) is 7.13. The number of ether oxygens (including phenoxy) is 1. The number of aromatic nitrogens is 4. The molecule has 0 aliphatic heterocycles. The SMILES string of the molecule is Cn1c(=O)c2[nH]c(CCCNC(=O)c3ccc(Oc4cccc(F)c4)o3)nc2n(C)c1=O. The molecular weight excluding hydrogens is 421 g/mol. The number of imidazole rings is 1. The van der Waals surface area contributed by atoms with Crippen molar-refractivity contribution in [1.82, 2.24) is 24.4 Å². The molecule has 10 nitrogen and oxygen atoms in total. The first-order chi connectivity index (χ1) is 15.3. The molecule has 0 saturated heterocycles. The predicted molar refractivity (Wildman–Crippen MR) is 112 cm³/mol.